The Bertz CT molecular complexity index is 370. The molecule has 2 aliphatic rings. The van der Waals surface area contributed by atoms with Crippen molar-refractivity contribution in [3.63, 3.8) is 0 Å². The van der Waals surface area contributed by atoms with Crippen LogP contribution in [0.3, 0.4) is 0 Å². The van der Waals surface area contributed by atoms with Crippen molar-refractivity contribution >= 4 is 11.8 Å². The summed E-state index contributed by atoms with van der Waals surface area (Å²) in [5.74, 6) is 1.26. The maximum atomic E-state index is 12.6. The predicted molar refractivity (Wildman–Crippen MR) is 82.8 cm³/mol. The van der Waals surface area contributed by atoms with Crippen LogP contribution in [-0.2, 0) is 9.59 Å². The first-order valence-electron chi connectivity index (χ1n) is 8.27. The fraction of sp³-hybridized carbons (Fsp3) is 0.875. The molecule has 2 rings (SSSR count). The highest BCUT2D eigenvalue weighted by molar-refractivity contribution is 5.82. The van der Waals surface area contributed by atoms with Gasteiger partial charge in [0.15, 0.2) is 0 Å². The number of amides is 2. The number of hydrogen-bond donors (Lipinski definition) is 1. The fourth-order valence-electron chi connectivity index (χ4n) is 3.40. The van der Waals surface area contributed by atoms with Crippen molar-refractivity contribution in [2.45, 2.75) is 45.6 Å². The lowest BCUT2D eigenvalue weighted by molar-refractivity contribution is -0.138. The van der Waals surface area contributed by atoms with E-state index in [1.807, 2.05) is 11.8 Å². The van der Waals surface area contributed by atoms with Crippen LogP contribution in [0.15, 0.2) is 0 Å². The van der Waals surface area contributed by atoms with Gasteiger partial charge in [-0.05, 0) is 51.6 Å². The van der Waals surface area contributed by atoms with Crippen LogP contribution in [0.4, 0.5) is 0 Å². The summed E-state index contributed by atoms with van der Waals surface area (Å²) >= 11 is 0. The molecule has 1 atom stereocenters. The summed E-state index contributed by atoms with van der Waals surface area (Å²) in [6.45, 7) is 7.76. The summed E-state index contributed by atoms with van der Waals surface area (Å²) in [4.78, 5) is 28.5. The van der Waals surface area contributed by atoms with Gasteiger partial charge in [0.2, 0.25) is 11.8 Å². The Kier molecular flexibility index (Phi) is 5.62. The Morgan fingerprint density at radius 2 is 1.62 bits per heavy atom. The van der Waals surface area contributed by atoms with Crippen molar-refractivity contribution in [1.29, 1.82) is 0 Å². The Labute approximate surface area is 128 Å². The Morgan fingerprint density at radius 3 is 2.14 bits per heavy atom. The van der Waals surface area contributed by atoms with E-state index in [-0.39, 0.29) is 23.8 Å². The molecule has 0 spiro atoms. The van der Waals surface area contributed by atoms with Crippen molar-refractivity contribution < 1.29 is 9.59 Å². The van der Waals surface area contributed by atoms with Crippen molar-refractivity contribution in [2.75, 3.05) is 33.2 Å². The molecule has 0 aliphatic carbocycles. The van der Waals surface area contributed by atoms with Gasteiger partial charge in [0.05, 0.1) is 6.04 Å². The minimum atomic E-state index is -0.0518. The normalized spacial score (nSPS) is 23.9. The quantitative estimate of drug-likeness (QED) is 0.848. The van der Waals surface area contributed by atoms with Crippen LogP contribution in [0.1, 0.15) is 39.5 Å². The Hall–Kier alpha value is -1.10. The molecular formula is C16H29N3O2. The topological polar surface area (TPSA) is 52.7 Å². The predicted octanol–water partition coefficient (Wildman–Crippen LogP) is 1.09. The number of nitrogens with one attached hydrogen (secondary N) is 1. The van der Waals surface area contributed by atoms with Crippen LogP contribution >= 0.6 is 0 Å². The minimum Gasteiger partial charge on any atom is -0.359 e. The molecule has 2 heterocycles. The highest BCUT2D eigenvalue weighted by Crippen LogP contribution is 2.22. The number of carbonyl (C=O) groups excluding carboxylic acids is 2. The van der Waals surface area contributed by atoms with Gasteiger partial charge in [0.25, 0.3) is 0 Å². The first kappa shape index (κ1) is 16.3. The van der Waals surface area contributed by atoms with Gasteiger partial charge < -0.3 is 10.2 Å². The smallest absolute Gasteiger partial charge is 0.239 e. The van der Waals surface area contributed by atoms with E-state index in [0.717, 1.165) is 57.8 Å². The Balaban J connectivity index is 1.82. The molecule has 2 fully saturated rings. The molecule has 1 unspecified atom stereocenters. The minimum absolute atomic E-state index is 0.0518. The molecule has 21 heavy (non-hydrogen) atoms. The molecule has 0 bridgehead atoms. The van der Waals surface area contributed by atoms with E-state index < -0.39 is 0 Å². The molecule has 0 aromatic carbocycles. The molecule has 5 heteroatoms. The number of nitrogens with zero attached hydrogens (tertiary/aromatic N) is 2. The SMILES string of the molecule is CNC(=O)C1CCN(C(C)C(=O)N2CCC(C)CC2)CC1. The van der Waals surface area contributed by atoms with Crippen molar-refractivity contribution in [3.05, 3.63) is 0 Å². The van der Waals surface area contributed by atoms with Gasteiger partial charge in [-0.1, -0.05) is 6.92 Å². The third-order valence-electron chi connectivity index (χ3n) is 5.15. The summed E-state index contributed by atoms with van der Waals surface area (Å²) in [6.07, 6.45) is 3.96. The molecule has 2 aliphatic heterocycles. The second-order valence-electron chi connectivity index (χ2n) is 6.61. The highest BCUT2D eigenvalue weighted by Gasteiger charge is 2.32. The molecule has 5 nitrogen and oxygen atoms in total. The van der Waals surface area contributed by atoms with Crippen molar-refractivity contribution in [2.24, 2.45) is 11.8 Å². The molecule has 0 aromatic rings. The van der Waals surface area contributed by atoms with Crippen LogP contribution in [0.25, 0.3) is 0 Å². The van der Waals surface area contributed by atoms with E-state index >= 15 is 0 Å². The number of rotatable bonds is 3. The number of likely N-dealkylation sites (tertiary alicyclic amines) is 2. The molecule has 2 amide bonds. The van der Waals surface area contributed by atoms with Gasteiger partial charge >= 0.3 is 0 Å². The number of carbonyl (C=O) groups is 2. The third kappa shape index (κ3) is 3.96. The van der Waals surface area contributed by atoms with Gasteiger partial charge in [-0.15, -0.1) is 0 Å². The van der Waals surface area contributed by atoms with Gasteiger partial charge in [-0.2, -0.15) is 0 Å². The van der Waals surface area contributed by atoms with Crippen LogP contribution in [0, 0.1) is 11.8 Å². The summed E-state index contributed by atoms with van der Waals surface area (Å²) in [5.41, 5.74) is 0. The molecule has 120 valence electrons. The summed E-state index contributed by atoms with van der Waals surface area (Å²) in [7, 11) is 1.69. The van der Waals surface area contributed by atoms with E-state index in [1.54, 1.807) is 7.05 Å². The van der Waals surface area contributed by atoms with Crippen LogP contribution in [-0.4, -0.2) is 60.9 Å². The van der Waals surface area contributed by atoms with Crippen LogP contribution in [0.2, 0.25) is 0 Å². The monoisotopic (exact) mass is 295 g/mol. The summed E-state index contributed by atoms with van der Waals surface area (Å²) in [5, 5.41) is 2.72. The van der Waals surface area contributed by atoms with E-state index in [9.17, 15) is 9.59 Å². The van der Waals surface area contributed by atoms with E-state index in [1.165, 1.54) is 0 Å². The molecular weight excluding hydrogens is 266 g/mol. The largest absolute Gasteiger partial charge is 0.359 e. The first-order chi connectivity index (χ1) is 10.0. The first-order valence-corrected chi connectivity index (χ1v) is 8.27. The lowest BCUT2D eigenvalue weighted by atomic mass is 9.94. The summed E-state index contributed by atoms with van der Waals surface area (Å²) < 4.78 is 0. The standard InChI is InChI=1S/C16H29N3O2/c1-12-4-8-19(9-5-12)16(21)13(2)18-10-6-14(7-11-18)15(20)17-3/h12-14H,4-11H2,1-3H3,(H,17,20). The highest BCUT2D eigenvalue weighted by atomic mass is 16.2. The second-order valence-corrected chi connectivity index (χ2v) is 6.61. The maximum absolute atomic E-state index is 12.6. The van der Waals surface area contributed by atoms with E-state index in [2.05, 4.69) is 17.1 Å². The van der Waals surface area contributed by atoms with Crippen molar-refractivity contribution in [3.8, 4) is 0 Å². The van der Waals surface area contributed by atoms with Gasteiger partial charge in [-0.25, -0.2) is 0 Å². The van der Waals surface area contributed by atoms with Crippen LogP contribution in [0.5, 0.6) is 0 Å². The lowest BCUT2D eigenvalue weighted by Gasteiger charge is -2.38. The maximum Gasteiger partial charge on any atom is 0.239 e. The van der Waals surface area contributed by atoms with E-state index in [4.69, 9.17) is 0 Å². The average Bonchev–Trinajstić information content (AvgIpc) is 2.53. The fourth-order valence-corrected chi connectivity index (χ4v) is 3.40. The molecule has 0 saturated carbocycles. The van der Waals surface area contributed by atoms with Crippen molar-refractivity contribution in [1.82, 2.24) is 15.1 Å². The molecule has 1 N–H and O–H groups in total. The van der Waals surface area contributed by atoms with Gasteiger partial charge in [0, 0.05) is 26.1 Å². The van der Waals surface area contributed by atoms with Gasteiger partial charge in [0.1, 0.15) is 0 Å². The van der Waals surface area contributed by atoms with Crippen LogP contribution < -0.4 is 5.32 Å². The Morgan fingerprint density at radius 1 is 1.05 bits per heavy atom. The third-order valence-corrected chi connectivity index (χ3v) is 5.15. The lowest BCUT2D eigenvalue weighted by Crippen LogP contribution is -2.52. The zero-order chi connectivity index (χ0) is 15.4. The molecule has 2 saturated heterocycles. The number of hydrogen-bond acceptors (Lipinski definition) is 3. The molecule has 0 radical (unpaired) electrons. The number of piperidine rings is 2. The zero-order valence-corrected chi connectivity index (χ0v) is 13.6. The zero-order valence-electron chi connectivity index (χ0n) is 13.6. The second kappa shape index (κ2) is 7.25. The molecule has 0 aromatic heterocycles. The van der Waals surface area contributed by atoms with Gasteiger partial charge in [-0.3, -0.25) is 14.5 Å². The average molecular weight is 295 g/mol. The summed E-state index contributed by atoms with van der Waals surface area (Å²) in [6, 6.07) is -0.0518. The van der Waals surface area contributed by atoms with E-state index in [0.29, 0.717) is 0 Å².